The van der Waals surface area contributed by atoms with Crippen molar-refractivity contribution in [1.82, 2.24) is 9.78 Å². The summed E-state index contributed by atoms with van der Waals surface area (Å²) < 4.78 is 37.5. The van der Waals surface area contributed by atoms with Crippen molar-refractivity contribution in [2.24, 2.45) is 0 Å². The number of aromatic nitrogens is 2. The Morgan fingerprint density at radius 3 is 2.22 bits per heavy atom. The van der Waals surface area contributed by atoms with Gasteiger partial charge in [0.2, 0.25) is 0 Å². The molecule has 0 spiro atoms. The molecule has 0 aliphatic carbocycles. The Morgan fingerprint density at radius 2 is 1.65 bits per heavy atom. The first-order chi connectivity index (χ1) is 10.8. The summed E-state index contributed by atoms with van der Waals surface area (Å²) in [6.07, 6.45) is 1.15. The lowest BCUT2D eigenvalue weighted by Crippen LogP contribution is -2.03. The molecule has 5 nitrogen and oxygen atoms in total. The molecule has 0 saturated carbocycles. The van der Waals surface area contributed by atoms with E-state index in [4.69, 9.17) is 5.73 Å². The first-order valence-electron chi connectivity index (χ1n) is 6.76. The Bertz CT molecular complexity index is 946. The van der Waals surface area contributed by atoms with E-state index in [9.17, 15) is 12.8 Å². The lowest BCUT2D eigenvalue weighted by molar-refractivity contribution is 0.602. The average molecular weight is 331 g/mol. The molecule has 3 aromatic rings. The van der Waals surface area contributed by atoms with Crippen LogP contribution < -0.4 is 5.73 Å². The summed E-state index contributed by atoms with van der Waals surface area (Å²) in [4.78, 5) is 0.228. The van der Waals surface area contributed by atoms with E-state index in [-0.39, 0.29) is 10.7 Å². The van der Waals surface area contributed by atoms with E-state index in [0.717, 1.165) is 11.8 Å². The molecule has 1 aromatic heterocycles. The second-order valence-corrected chi connectivity index (χ2v) is 7.15. The molecule has 2 aromatic carbocycles. The van der Waals surface area contributed by atoms with Crippen LogP contribution in [0.5, 0.6) is 0 Å². The highest BCUT2D eigenvalue weighted by Crippen LogP contribution is 2.23. The maximum atomic E-state index is 13.0. The van der Waals surface area contributed by atoms with Crippen LogP contribution in [-0.4, -0.2) is 24.5 Å². The van der Waals surface area contributed by atoms with Crippen molar-refractivity contribution < 1.29 is 12.8 Å². The van der Waals surface area contributed by atoms with Crippen LogP contribution in [0.4, 0.5) is 10.2 Å². The molecule has 0 radical (unpaired) electrons. The molecular formula is C16H14FN3O2S. The summed E-state index contributed by atoms with van der Waals surface area (Å²) in [6.45, 7) is 0. The smallest absolute Gasteiger partial charge is 0.175 e. The fourth-order valence-electron chi connectivity index (χ4n) is 2.20. The van der Waals surface area contributed by atoms with E-state index in [0.29, 0.717) is 17.2 Å². The highest BCUT2D eigenvalue weighted by Gasteiger charge is 2.11. The van der Waals surface area contributed by atoms with Gasteiger partial charge in [0.15, 0.2) is 9.84 Å². The van der Waals surface area contributed by atoms with Crippen molar-refractivity contribution in [3.05, 3.63) is 60.4 Å². The fraction of sp³-hybridized carbons (Fsp3) is 0.0625. The lowest BCUT2D eigenvalue weighted by Gasteiger charge is -2.05. The highest BCUT2D eigenvalue weighted by atomic mass is 32.2. The number of nitrogens with two attached hydrogens (primary N) is 1. The van der Waals surface area contributed by atoms with Crippen molar-refractivity contribution in [3.8, 4) is 16.9 Å². The largest absolute Gasteiger partial charge is 0.384 e. The van der Waals surface area contributed by atoms with Gasteiger partial charge in [-0.05, 0) is 48.5 Å². The number of anilines is 1. The molecule has 0 unspecified atom stereocenters. The topological polar surface area (TPSA) is 78.0 Å². The number of nitrogens with zero attached hydrogens (tertiary/aromatic N) is 2. The molecule has 7 heteroatoms. The average Bonchev–Trinajstić information content (AvgIpc) is 2.89. The number of halogens is 1. The van der Waals surface area contributed by atoms with Crippen LogP contribution in [0.25, 0.3) is 16.9 Å². The molecule has 2 N–H and O–H groups in total. The Morgan fingerprint density at radius 1 is 1.04 bits per heavy atom. The van der Waals surface area contributed by atoms with E-state index in [2.05, 4.69) is 5.10 Å². The molecule has 0 amide bonds. The van der Waals surface area contributed by atoms with Crippen molar-refractivity contribution in [2.45, 2.75) is 4.90 Å². The maximum Gasteiger partial charge on any atom is 0.175 e. The molecular weight excluding hydrogens is 317 g/mol. The van der Waals surface area contributed by atoms with Gasteiger partial charge in [0.1, 0.15) is 11.6 Å². The molecule has 0 aliphatic heterocycles. The van der Waals surface area contributed by atoms with Crippen molar-refractivity contribution in [3.63, 3.8) is 0 Å². The summed E-state index contributed by atoms with van der Waals surface area (Å²) >= 11 is 0. The van der Waals surface area contributed by atoms with Crippen LogP contribution in [0.1, 0.15) is 0 Å². The van der Waals surface area contributed by atoms with Gasteiger partial charge < -0.3 is 5.73 Å². The first-order valence-corrected chi connectivity index (χ1v) is 8.66. The Balaban J connectivity index is 1.99. The standard InChI is InChI=1S/C16H14FN3O2S/c1-23(21,22)14-8-6-13(7-9-14)20-16(18)10-15(19-20)11-2-4-12(17)5-3-11/h2-10H,18H2,1H3. The van der Waals surface area contributed by atoms with Crippen LogP contribution in [0.2, 0.25) is 0 Å². The Labute approximate surface area is 133 Å². The molecule has 118 valence electrons. The summed E-state index contributed by atoms with van der Waals surface area (Å²) in [5.74, 6) is 0.0777. The summed E-state index contributed by atoms with van der Waals surface area (Å²) in [7, 11) is -3.25. The van der Waals surface area contributed by atoms with Crippen molar-refractivity contribution in [2.75, 3.05) is 12.0 Å². The summed E-state index contributed by atoms with van der Waals surface area (Å²) in [5, 5.41) is 4.39. The van der Waals surface area contributed by atoms with E-state index >= 15 is 0 Å². The second-order valence-electron chi connectivity index (χ2n) is 5.14. The minimum absolute atomic E-state index is 0.228. The van der Waals surface area contributed by atoms with Crippen LogP contribution in [0, 0.1) is 5.82 Å². The van der Waals surface area contributed by atoms with E-state index in [1.165, 1.54) is 28.9 Å². The molecule has 0 aliphatic rings. The maximum absolute atomic E-state index is 13.0. The van der Waals surface area contributed by atoms with Crippen LogP contribution >= 0.6 is 0 Å². The van der Waals surface area contributed by atoms with E-state index in [1.54, 1.807) is 30.3 Å². The molecule has 0 atom stereocenters. The quantitative estimate of drug-likeness (QED) is 0.800. The van der Waals surface area contributed by atoms with Gasteiger partial charge in [0.05, 0.1) is 16.3 Å². The van der Waals surface area contributed by atoms with Gasteiger partial charge in [0, 0.05) is 17.9 Å². The van der Waals surface area contributed by atoms with E-state index < -0.39 is 9.84 Å². The van der Waals surface area contributed by atoms with Gasteiger partial charge in [-0.1, -0.05) is 0 Å². The Kier molecular flexibility index (Phi) is 3.65. The van der Waals surface area contributed by atoms with Gasteiger partial charge in [-0.25, -0.2) is 17.5 Å². The Hall–Kier alpha value is -2.67. The number of benzene rings is 2. The monoisotopic (exact) mass is 331 g/mol. The third kappa shape index (κ3) is 3.09. The number of hydrogen-bond donors (Lipinski definition) is 1. The van der Waals surface area contributed by atoms with Crippen molar-refractivity contribution >= 4 is 15.7 Å². The number of rotatable bonds is 3. The number of nitrogen functional groups attached to an aromatic ring is 1. The predicted octanol–water partition coefficient (Wildman–Crippen LogP) is 2.66. The van der Waals surface area contributed by atoms with Crippen molar-refractivity contribution in [1.29, 1.82) is 0 Å². The van der Waals surface area contributed by atoms with E-state index in [1.807, 2.05) is 0 Å². The molecule has 3 rings (SSSR count). The van der Waals surface area contributed by atoms with Gasteiger partial charge >= 0.3 is 0 Å². The van der Waals surface area contributed by atoms with Crippen LogP contribution in [-0.2, 0) is 9.84 Å². The minimum Gasteiger partial charge on any atom is -0.384 e. The van der Waals surface area contributed by atoms with Gasteiger partial charge in [-0.3, -0.25) is 0 Å². The second kappa shape index (κ2) is 5.51. The third-order valence-corrected chi connectivity index (χ3v) is 4.51. The van der Waals surface area contributed by atoms with Gasteiger partial charge in [-0.15, -0.1) is 0 Å². The molecule has 0 fully saturated rings. The fourth-order valence-corrected chi connectivity index (χ4v) is 2.83. The van der Waals surface area contributed by atoms with Crippen LogP contribution in [0.15, 0.2) is 59.5 Å². The summed E-state index contributed by atoms with van der Waals surface area (Å²) in [5.41, 5.74) is 7.96. The lowest BCUT2D eigenvalue weighted by atomic mass is 10.1. The summed E-state index contributed by atoms with van der Waals surface area (Å²) in [6, 6.07) is 13.9. The number of hydrogen-bond acceptors (Lipinski definition) is 4. The SMILES string of the molecule is CS(=O)(=O)c1ccc(-n2nc(-c3ccc(F)cc3)cc2N)cc1. The zero-order valence-electron chi connectivity index (χ0n) is 12.3. The molecule has 0 saturated heterocycles. The predicted molar refractivity (Wildman–Crippen MR) is 86.5 cm³/mol. The third-order valence-electron chi connectivity index (χ3n) is 3.39. The first kappa shape index (κ1) is 15.2. The normalized spacial score (nSPS) is 11.6. The van der Waals surface area contributed by atoms with Gasteiger partial charge in [0.25, 0.3) is 0 Å². The zero-order chi connectivity index (χ0) is 16.6. The van der Waals surface area contributed by atoms with Crippen LogP contribution in [0.3, 0.4) is 0 Å². The highest BCUT2D eigenvalue weighted by molar-refractivity contribution is 7.90. The number of sulfone groups is 1. The zero-order valence-corrected chi connectivity index (χ0v) is 13.1. The molecule has 1 heterocycles. The molecule has 0 bridgehead atoms. The minimum atomic E-state index is -3.25. The van der Waals surface area contributed by atoms with Gasteiger partial charge in [-0.2, -0.15) is 5.10 Å². The molecule has 23 heavy (non-hydrogen) atoms.